The van der Waals surface area contributed by atoms with E-state index in [-0.39, 0.29) is 70.0 Å². The van der Waals surface area contributed by atoms with Gasteiger partial charge in [-0.3, -0.25) is 33.5 Å². The Labute approximate surface area is 386 Å². The summed E-state index contributed by atoms with van der Waals surface area (Å²) in [5.74, 6) is 1.53. The Hall–Kier alpha value is -5.63. The van der Waals surface area contributed by atoms with Gasteiger partial charge in [0.25, 0.3) is 5.91 Å². The number of rotatable bonds is 15. The predicted octanol–water partition coefficient (Wildman–Crippen LogP) is 6.06. The second kappa shape index (κ2) is 19.2. The molecule has 16 nitrogen and oxygen atoms in total. The molecule has 6 aromatic rings. The van der Waals surface area contributed by atoms with E-state index in [1.54, 1.807) is 23.5 Å². The molecule has 332 valence electrons. The summed E-state index contributed by atoms with van der Waals surface area (Å²) in [5, 5.41) is 38.3. The monoisotopic (exact) mass is 941 g/mol. The lowest BCUT2D eigenvalue weighted by atomic mass is 9.99. The Morgan fingerprint density at radius 1 is 0.656 bits per heavy atom. The number of ether oxygens (including phenoxy) is 1. The van der Waals surface area contributed by atoms with Crippen molar-refractivity contribution in [2.75, 3.05) is 39.5 Å². The van der Waals surface area contributed by atoms with Crippen molar-refractivity contribution in [3.8, 4) is 10.0 Å². The van der Waals surface area contributed by atoms with Gasteiger partial charge in [-0.15, -0.1) is 43.1 Å². The van der Waals surface area contributed by atoms with Crippen molar-refractivity contribution >= 4 is 75.0 Å². The van der Waals surface area contributed by atoms with Gasteiger partial charge in [-0.25, -0.2) is 0 Å². The first-order valence-electron chi connectivity index (χ1n) is 20.6. The lowest BCUT2D eigenvalue weighted by Gasteiger charge is -2.13. The first-order valence-corrected chi connectivity index (χ1v) is 23.0. The number of thiophene rings is 2. The molecule has 0 spiro atoms. The van der Waals surface area contributed by atoms with Crippen LogP contribution < -0.4 is 16.0 Å². The van der Waals surface area contributed by atoms with Crippen molar-refractivity contribution in [3.05, 3.63) is 125 Å². The Morgan fingerprint density at radius 2 is 1.12 bits per heavy atom. The number of benzene rings is 2. The number of carbonyl (C=O) groups excluding carboxylic acids is 3. The molecule has 2 aliphatic rings. The summed E-state index contributed by atoms with van der Waals surface area (Å²) in [6.07, 6.45) is 0.0184. The second-order valence-electron chi connectivity index (χ2n) is 15.3. The number of aliphatic hydroxyl groups is 1. The summed E-state index contributed by atoms with van der Waals surface area (Å²) >= 11 is 15.4. The molecule has 0 bridgehead atoms. The lowest BCUT2D eigenvalue weighted by Crippen LogP contribution is -2.31. The summed E-state index contributed by atoms with van der Waals surface area (Å²) in [6, 6.07) is 13.5. The van der Waals surface area contributed by atoms with E-state index in [4.69, 9.17) is 37.9 Å². The van der Waals surface area contributed by atoms with Gasteiger partial charge >= 0.3 is 0 Å². The Balaban J connectivity index is 0.911. The molecule has 2 aliphatic heterocycles. The van der Waals surface area contributed by atoms with Gasteiger partial charge in [-0.05, 0) is 70.0 Å². The van der Waals surface area contributed by atoms with Crippen LogP contribution in [0.15, 0.2) is 58.5 Å². The summed E-state index contributed by atoms with van der Waals surface area (Å²) in [6.45, 7) is 10.6. The summed E-state index contributed by atoms with van der Waals surface area (Å²) in [5.41, 5.74) is 6.52. The van der Waals surface area contributed by atoms with E-state index in [2.05, 4.69) is 50.2 Å². The highest BCUT2D eigenvalue weighted by Gasteiger charge is 2.35. The molecular formula is C44H45Cl2N11O5S2. The van der Waals surface area contributed by atoms with Gasteiger partial charge in [0, 0.05) is 56.8 Å². The summed E-state index contributed by atoms with van der Waals surface area (Å²) in [7, 11) is 0. The van der Waals surface area contributed by atoms with Crippen LogP contribution in [-0.2, 0) is 14.3 Å². The molecule has 20 heteroatoms. The number of aliphatic hydroxyl groups excluding tert-OH is 1. The SMILES string of the molecule is Cc1sc2c(c1C)C(c1ccc(Cl)cc1)=N[C@@H](CC(=O)NCCOCCNC(=O)c1sc3c(c1C)C(c1ccc(Cl)cc1)=N[C@@H](CC(=O)NCCO)c1nnc(C)n1-3)c1nnc(C)n1-2. The van der Waals surface area contributed by atoms with Crippen LogP contribution in [0.2, 0.25) is 10.0 Å². The summed E-state index contributed by atoms with van der Waals surface area (Å²) in [4.78, 5) is 52.0. The minimum absolute atomic E-state index is 0.0268. The largest absolute Gasteiger partial charge is 0.395 e. The maximum absolute atomic E-state index is 13.8. The second-order valence-corrected chi connectivity index (χ2v) is 18.4. The number of aromatic nitrogens is 6. The van der Waals surface area contributed by atoms with Crippen LogP contribution in [0.4, 0.5) is 0 Å². The summed E-state index contributed by atoms with van der Waals surface area (Å²) < 4.78 is 9.69. The normalized spacial score (nSPS) is 15.2. The number of aliphatic imine (C=N–C) groups is 2. The molecule has 0 radical (unpaired) electrons. The number of aryl methyl sites for hydroxylation is 3. The van der Waals surface area contributed by atoms with Crippen molar-refractivity contribution in [1.82, 2.24) is 45.5 Å². The van der Waals surface area contributed by atoms with Gasteiger partial charge in [0.2, 0.25) is 11.8 Å². The molecule has 0 unspecified atom stereocenters. The molecule has 2 atom stereocenters. The molecule has 0 saturated carbocycles. The minimum Gasteiger partial charge on any atom is -0.395 e. The van der Waals surface area contributed by atoms with Crippen LogP contribution in [0.3, 0.4) is 0 Å². The fraction of sp³-hybridized carbons (Fsp3) is 0.341. The van der Waals surface area contributed by atoms with E-state index in [0.717, 1.165) is 43.4 Å². The topological polar surface area (TPSA) is 203 Å². The predicted molar refractivity (Wildman–Crippen MR) is 247 cm³/mol. The first-order chi connectivity index (χ1) is 30.8. The van der Waals surface area contributed by atoms with Crippen LogP contribution in [0.1, 0.15) is 96.2 Å². The standard InChI is InChI=1S/C44H45Cl2N11O5S2/c1-22-24(3)63-43-35(22)37(27-6-10-29(45)11-7-27)50-32(40-54-52-25(4)56(40)43)21-34(60)48-15-18-62-19-16-49-42(61)39-23(2)36-38(28-8-12-30(46)13-9-28)51-31(20-33(59)47-14-17-58)41-55-53-26(5)57(41)44(36)64-39/h6-13,31-32,58H,14-21H2,1-5H3,(H,47,59)(H,48,60)(H,49,61)/t31-,32-/m0/s1. The third-order valence-electron chi connectivity index (χ3n) is 11.0. The van der Waals surface area contributed by atoms with Crippen LogP contribution in [0.5, 0.6) is 0 Å². The minimum atomic E-state index is -0.698. The number of hydrogen-bond donors (Lipinski definition) is 4. The van der Waals surface area contributed by atoms with E-state index >= 15 is 0 Å². The molecular weight excluding hydrogens is 898 g/mol. The third kappa shape index (κ3) is 9.03. The van der Waals surface area contributed by atoms with Crippen LogP contribution in [0, 0.1) is 34.6 Å². The molecule has 64 heavy (non-hydrogen) atoms. The van der Waals surface area contributed by atoms with Crippen LogP contribution in [-0.4, -0.2) is 103 Å². The highest BCUT2D eigenvalue weighted by Crippen LogP contribution is 2.41. The van der Waals surface area contributed by atoms with Gasteiger partial charge in [0.05, 0.1) is 49.0 Å². The highest BCUT2D eigenvalue weighted by atomic mass is 35.5. The quantitative estimate of drug-likeness (QED) is 0.0884. The average Bonchev–Trinajstić information content (AvgIpc) is 3.98. The smallest absolute Gasteiger partial charge is 0.261 e. The van der Waals surface area contributed by atoms with Gasteiger partial charge in [-0.2, -0.15) is 0 Å². The van der Waals surface area contributed by atoms with Crippen molar-refractivity contribution < 1.29 is 24.2 Å². The molecule has 4 aromatic heterocycles. The van der Waals surface area contributed by atoms with Gasteiger partial charge in [-0.1, -0.05) is 47.5 Å². The van der Waals surface area contributed by atoms with Gasteiger partial charge < -0.3 is 25.8 Å². The Kier molecular flexibility index (Phi) is 13.5. The fourth-order valence-corrected chi connectivity index (χ4v) is 10.5. The molecule has 0 saturated heterocycles. The Bertz CT molecular complexity index is 2810. The van der Waals surface area contributed by atoms with E-state index in [1.165, 1.54) is 11.3 Å². The maximum Gasteiger partial charge on any atom is 0.261 e. The Morgan fingerprint density at radius 3 is 1.64 bits per heavy atom. The zero-order valence-electron chi connectivity index (χ0n) is 35.7. The number of nitrogens with zero attached hydrogens (tertiary/aromatic N) is 8. The highest BCUT2D eigenvalue weighted by molar-refractivity contribution is 7.17. The maximum atomic E-state index is 13.8. The van der Waals surface area contributed by atoms with Crippen molar-refractivity contribution in [2.45, 2.75) is 59.5 Å². The molecule has 0 aliphatic carbocycles. The number of hydrogen-bond acceptors (Lipinski definition) is 13. The van der Waals surface area contributed by atoms with Crippen molar-refractivity contribution in [3.63, 3.8) is 0 Å². The number of nitrogens with one attached hydrogen (secondary N) is 3. The number of fused-ring (bicyclic) bond motifs is 6. The molecule has 2 aromatic carbocycles. The van der Waals surface area contributed by atoms with Crippen molar-refractivity contribution in [1.29, 1.82) is 0 Å². The molecule has 3 amide bonds. The van der Waals surface area contributed by atoms with E-state index < -0.39 is 12.1 Å². The van der Waals surface area contributed by atoms with Gasteiger partial charge in [0.15, 0.2) is 11.6 Å². The zero-order valence-corrected chi connectivity index (χ0v) is 38.8. The van der Waals surface area contributed by atoms with E-state index in [0.29, 0.717) is 54.5 Å². The van der Waals surface area contributed by atoms with E-state index in [9.17, 15) is 19.5 Å². The average molecular weight is 943 g/mol. The molecule has 8 rings (SSSR count). The molecule has 4 N–H and O–H groups in total. The van der Waals surface area contributed by atoms with Crippen LogP contribution >= 0.6 is 45.9 Å². The molecule has 0 fully saturated rings. The number of halogens is 2. The van der Waals surface area contributed by atoms with Crippen LogP contribution in [0.25, 0.3) is 10.0 Å². The lowest BCUT2D eigenvalue weighted by molar-refractivity contribution is -0.122. The number of amides is 3. The first kappa shape index (κ1) is 45.0. The van der Waals surface area contributed by atoms with Crippen molar-refractivity contribution in [2.24, 2.45) is 9.98 Å². The third-order valence-corrected chi connectivity index (χ3v) is 13.9. The van der Waals surface area contributed by atoms with Gasteiger partial charge in [0.1, 0.15) is 33.7 Å². The molecule has 6 heterocycles. The van der Waals surface area contributed by atoms with E-state index in [1.807, 2.05) is 66.3 Å². The fourth-order valence-electron chi connectivity index (χ4n) is 7.74. The zero-order chi connectivity index (χ0) is 45.2. The number of carbonyl (C=O) groups is 3.